The molecule has 0 aliphatic heterocycles. The van der Waals surface area contributed by atoms with Gasteiger partial charge in [0.25, 0.3) is 0 Å². The van der Waals surface area contributed by atoms with E-state index in [1.807, 2.05) is 85.2 Å². The molecular formula is C31H19N3O2. The Bertz CT molecular complexity index is 1630. The molecule has 0 saturated heterocycles. The zero-order valence-electron chi connectivity index (χ0n) is 19.1. The first-order chi connectivity index (χ1) is 17.8. The molecule has 0 atom stereocenters. The molecule has 7 rings (SSSR count). The maximum atomic E-state index is 5.90. The fraction of sp³-hybridized carbons (Fsp3) is 0. The Labute approximate surface area is 206 Å². The highest BCUT2D eigenvalue weighted by molar-refractivity contribution is 5.79. The number of oxazole rings is 2. The number of rotatable bonds is 4. The topological polar surface area (TPSA) is 65.0 Å². The Balaban J connectivity index is 1.16. The van der Waals surface area contributed by atoms with Crippen molar-refractivity contribution in [2.75, 3.05) is 0 Å². The number of fused-ring (bicyclic) bond motifs is 2. The van der Waals surface area contributed by atoms with Gasteiger partial charge in [-0.05, 0) is 65.7 Å². The first kappa shape index (κ1) is 20.4. The first-order valence-corrected chi connectivity index (χ1v) is 11.7. The fourth-order valence-electron chi connectivity index (χ4n) is 4.36. The molecule has 0 spiro atoms. The number of pyridine rings is 1. The summed E-state index contributed by atoms with van der Waals surface area (Å²) in [5.41, 5.74) is 9.40. The highest BCUT2D eigenvalue weighted by Gasteiger charge is 2.10. The molecule has 0 unspecified atom stereocenters. The molecule has 0 N–H and O–H groups in total. The molecule has 3 heterocycles. The molecule has 4 aromatic carbocycles. The van der Waals surface area contributed by atoms with Crippen LogP contribution in [-0.4, -0.2) is 15.0 Å². The van der Waals surface area contributed by atoms with Crippen LogP contribution in [0.2, 0.25) is 0 Å². The van der Waals surface area contributed by atoms with E-state index in [2.05, 4.69) is 45.3 Å². The van der Waals surface area contributed by atoms with E-state index in [0.717, 1.165) is 55.6 Å². The summed E-state index contributed by atoms with van der Waals surface area (Å²) in [7, 11) is 0. The van der Waals surface area contributed by atoms with Gasteiger partial charge in [-0.15, -0.1) is 0 Å². The van der Waals surface area contributed by atoms with Crippen LogP contribution in [0.15, 0.2) is 124 Å². The van der Waals surface area contributed by atoms with Crippen LogP contribution < -0.4 is 0 Å². The second kappa shape index (κ2) is 8.32. The van der Waals surface area contributed by atoms with Crippen LogP contribution in [0.25, 0.3) is 67.4 Å². The predicted octanol–water partition coefficient (Wildman–Crippen LogP) is 8.03. The lowest BCUT2D eigenvalue weighted by Gasteiger charge is -2.07. The maximum Gasteiger partial charge on any atom is 0.227 e. The second-order valence-electron chi connectivity index (χ2n) is 8.59. The summed E-state index contributed by atoms with van der Waals surface area (Å²) in [5.74, 6) is 1.24. The van der Waals surface area contributed by atoms with Gasteiger partial charge < -0.3 is 8.83 Å². The van der Waals surface area contributed by atoms with E-state index in [1.165, 1.54) is 0 Å². The van der Waals surface area contributed by atoms with Crippen LogP contribution in [-0.2, 0) is 0 Å². The first-order valence-electron chi connectivity index (χ1n) is 11.7. The Kier molecular flexibility index (Phi) is 4.71. The molecule has 0 fully saturated rings. The summed E-state index contributed by atoms with van der Waals surface area (Å²) in [6, 6.07) is 34.1. The van der Waals surface area contributed by atoms with E-state index in [0.29, 0.717) is 11.8 Å². The number of hydrogen-bond donors (Lipinski definition) is 0. The van der Waals surface area contributed by atoms with E-state index >= 15 is 0 Å². The van der Waals surface area contributed by atoms with Crippen molar-refractivity contribution in [3.63, 3.8) is 0 Å². The van der Waals surface area contributed by atoms with Crippen molar-refractivity contribution in [3.8, 4) is 45.2 Å². The minimum absolute atomic E-state index is 0.619. The Morgan fingerprint density at radius 1 is 0.417 bits per heavy atom. The molecule has 5 heteroatoms. The molecule has 36 heavy (non-hydrogen) atoms. The number of para-hydroxylation sites is 4. The van der Waals surface area contributed by atoms with Crippen molar-refractivity contribution in [2.45, 2.75) is 0 Å². The third-order valence-electron chi connectivity index (χ3n) is 6.26. The molecule has 0 aliphatic rings. The highest BCUT2D eigenvalue weighted by atomic mass is 16.4. The van der Waals surface area contributed by atoms with Gasteiger partial charge in [-0.3, -0.25) is 4.98 Å². The standard InChI is InChI=1S/C31H19N3O2/c1-3-7-28-26(5-1)33-30(35-28)22-13-9-20(10-14-22)24-17-25(19-32-18-24)21-11-15-23(16-12-21)31-34-27-6-2-4-8-29(27)36-31/h1-19H. The summed E-state index contributed by atoms with van der Waals surface area (Å²) in [5, 5.41) is 0. The second-order valence-corrected chi connectivity index (χ2v) is 8.59. The summed E-state index contributed by atoms with van der Waals surface area (Å²) in [6.45, 7) is 0. The maximum absolute atomic E-state index is 5.90. The van der Waals surface area contributed by atoms with Crippen molar-refractivity contribution in [2.24, 2.45) is 0 Å². The molecule has 0 radical (unpaired) electrons. The lowest BCUT2D eigenvalue weighted by atomic mass is 10.0. The van der Waals surface area contributed by atoms with Crippen LogP contribution in [0.5, 0.6) is 0 Å². The van der Waals surface area contributed by atoms with Crippen molar-refractivity contribution < 1.29 is 8.83 Å². The zero-order chi connectivity index (χ0) is 23.9. The van der Waals surface area contributed by atoms with Gasteiger partial charge in [-0.1, -0.05) is 48.5 Å². The largest absolute Gasteiger partial charge is 0.436 e. The number of benzene rings is 4. The molecule has 3 aromatic heterocycles. The molecule has 5 nitrogen and oxygen atoms in total. The lowest BCUT2D eigenvalue weighted by Crippen LogP contribution is -1.85. The predicted molar refractivity (Wildman–Crippen MR) is 141 cm³/mol. The highest BCUT2D eigenvalue weighted by Crippen LogP contribution is 2.30. The minimum atomic E-state index is 0.619. The van der Waals surface area contributed by atoms with Crippen molar-refractivity contribution >= 4 is 22.2 Å². The minimum Gasteiger partial charge on any atom is -0.436 e. The van der Waals surface area contributed by atoms with Crippen LogP contribution in [0.3, 0.4) is 0 Å². The fourth-order valence-corrected chi connectivity index (χ4v) is 4.36. The molecule has 7 aromatic rings. The van der Waals surface area contributed by atoms with E-state index in [9.17, 15) is 0 Å². The van der Waals surface area contributed by atoms with Crippen LogP contribution in [0.1, 0.15) is 0 Å². The van der Waals surface area contributed by atoms with Crippen molar-refractivity contribution in [1.29, 1.82) is 0 Å². The molecular weight excluding hydrogens is 446 g/mol. The zero-order valence-corrected chi connectivity index (χ0v) is 19.1. The van der Waals surface area contributed by atoms with Gasteiger partial charge in [-0.2, -0.15) is 0 Å². The SMILES string of the molecule is c1ccc2oc(-c3ccc(-c4cncc(-c5ccc(-c6nc7ccccc7o6)cc5)c4)cc3)nc2c1. The van der Waals surface area contributed by atoms with Gasteiger partial charge in [0.15, 0.2) is 11.2 Å². The molecule has 0 aliphatic carbocycles. The normalized spacial score (nSPS) is 11.3. The van der Waals surface area contributed by atoms with Crippen LogP contribution >= 0.6 is 0 Å². The summed E-state index contributed by atoms with van der Waals surface area (Å²) >= 11 is 0. The third kappa shape index (κ3) is 3.63. The number of nitrogens with zero attached hydrogens (tertiary/aromatic N) is 3. The van der Waals surface area contributed by atoms with E-state index in [4.69, 9.17) is 8.83 Å². The van der Waals surface area contributed by atoms with Crippen LogP contribution in [0, 0.1) is 0 Å². The average molecular weight is 466 g/mol. The molecule has 0 amide bonds. The Morgan fingerprint density at radius 3 is 1.28 bits per heavy atom. The number of hydrogen-bond acceptors (Lipinski definition) is 5. The van der Waals surface area contributed by atoms with E-state index < -0.39 is 0 Å². The Morgan fingerprint density at radius 2 is 0.833 bits per heavy atom. The summed E-state index contributed by atoms with van der Waals surface area (Å²) in [4.78, 5) is 13.7. The van der Waals surface area contributed by atoms with Gasteiger partial charge >= 0.3 is 0 Å². The van der Waals surface area contributed by atoms with Gasteiger partial charge in [0.05, 0.1) is 0 Å². The van der Waals surface area contributed by atoms with Crippen molar-refractivity contribution in [3.05, 3.63) is 116 Å². The van der Waals surface area contributed by atoms with Gasteiger partial charge in [-0.25, -0.2) is 9.97 Å². The van der Waals surface area contributed by atoms with Gasteiger partial charge in [0.2, 0.25) is 11.8 Å². The van der Waals surface area contributed by atoms with Crippen molar-refractivity contribution in [1.82, 2.24) is 15.0 Å². The van der Waals surface area contributed by atoms with Gasteiger partial charge in [0, 0.05) is 34.6 Å². The van der Waals surface area contributed by atoms with E-state index in [1.54, 1.807) is 0 Å². The van der Waals surface area contributed by atoms with Crippen LogP contribution in [0.4, 0.5) is 0 Å². The summed E-state index contributed by atoms with van der Waals surface area (Å²) < 4.78 is 11.8. The molecule has 0 saturated carbocycles. The smallest absolute Gasteiger partial charge is 0.227 e. The average Bonchev–Trinajstić information content (AvgIpc) is 3.58. The molecule has 0 bridgehead atoms. The quantitative estimate of drug-likeness (QED) is 0.263. The summed E-state index contributed by atoms with van der Waals surface area (Å²) in [6.07, 6.45) is 3.76. The van der Waals surface area contributed by atoms with Gasteiger partial charge in [0.1, 0.15) is 11.0 Å². The lowest BCUT2D eigenvalue weighted by molar-refractivity contribution is 0.619. The molecule has 170 valence electrons. The Hall–Kier alpha value is -5.03. The van der Waals surface area contributed by atoms with E-state index in [-0.39, 0.29) is 0 Å². The monoisotopic (exact) mass is 465 g/mol. The number of aromatic nitrogens is 3. The third-order valence-corrected chi connectivity index (χ3v) is 6.26.